The van der Waals surface area contributed by atoms with Crippen molar-refractivity contribution in [3.8, 4) is 5.75 Å². The molecule has 0 saturated carbocycles. The molecule has 0 atom stereocenters. The van der Waals surface area contributed by atoms with Crippen LogP contribution in [0.4, 0.5) is 0 Å². The van der Waals surface area contributed by atoms with Gasteiger partial charge in [0, 0.05) is 11.6 Å². The summed E-state index contributed by atoms with van der Waals surface area (Å²) in [5.74, 6) is 0.00349. The van der Waals surface area contributed by atoms with E-state index < -0.39 is 11.6 Å². The van der Waals surface area contributed by atoms with Crippen LogP contribution in [0.1, 0.15) is 12.7 Å². The van der Waals surface area contributed by atoms with Gasteiger partial charge in [-0.05, 0) is 13.8 Å². The van der Waals surface area contributed by atoms with Crippen LogP contribution in [0.5, 0.6) is 5.75 Å². The third-order valence-electron chi connectivity index (χ3n) is 1.43. The van der Waals surface area contributed by atoms with Gasteiger partial charge in [-0.2, -0.15) is 0 Å². The molecule has 0 unspecified atom stereocenters. The van der Waals surface area contributed by atoms with Gasteiger partial charge in [-0.15, -0.1) is 0 Å². The molecule has 0 radical (unpaired) electrons. The summed E-state index contributed by atoms with van der Waals surface area (Å²) < 4.78 is 9.53. The van der Waals surface area contributed by atoms with Crippen molar-refractivity contribution in [1.29, 1.82) is 0 Å². The molecule has 1 rings (SSSR count). The van der Waals surface area contributed by atoms with Crippen LogP contribution < -0.4 is 10.4 Å². The highest BCUT2D eigenvalue weighted by Gasteiger charge is 2.06. The van der Waals surface area contributed by atoms with Gasteiger partial charge in [0.15, 0.2) is 0 Å². The Morgan fingerprint density at radius 3 is 2.64 bits per heavy atom. The van der Waals surface area contributed by atoms with Gasteiger partial charge in [-0.1, -0.05) is 6.58 Å². The maximum atomic E-state index is 11.1. The van der Waals surface area contributed by atoms with Gasteiger partial charge in [-0.25, -0.2) is 9.59 Å². The Morgan fingerprint density at radius 1 is 1.50 bits per heavy atom. The molecule has 0 spiro atoms. The van der Waals surface area contributed by atoms with Crippen LogP contribution in [0.15, 0.2) is 33.5 Å². The summed E-state index contributed by atoms with van der Waals surface area (Å²) in [4.78, 5) is 22.0. The van der Waals surface area contributed by atoms with Crippen LogP contribution in [-0.4, -0.2) is 5.97 Å². The summed E-state index contributed by atoms with van der Waals surface area (Å²) in [7, 11) is 0. The summed E-state index contributed by atoms with van der Waals surface area (Å²) >= 11 is 0. The first-order valence-electron chi connectivity index (χ1n) is 3.98. The van der Waals surface area contributed by atoms with Crippen LogP contribution in [0, 0.1) is 6.92 Å². The number of carbonyl (C=O) groups is 1. The smallest absolute Gasteiger partial charge is 0.339 e. The lowest BCUT2D eigenvalue weighted by Gasteiger charge is -2.02. The molecule has 0 aliphatic rings. The van der Waals surface area contributed by atoms with Crippen molar-refractivity contribution in [2.24, 2.45) is 0 Å². The first-order valence-corrected chi connectivity index (χ1v) is 3.98. The zero-order chi connectivity index (χ0) is 10.7. The fourth-order valence-corrected chi connectivity index (χ4v) is 0.829. The van der Waals surface area contributed by atoms with E-state index in [1.165, 1.54) is 13.0 Å². The summed E-state index contributed by atoms with van der Waals surface area (Å²) in [5, 5.41) is 0. The van der Waals surface area contributed by atoms with Gasteiger partial charge in [-0.3, -0.25) is 0 Å². The zero-order valence-electron chi connectivity index (χ0n) is 7.99. The third-order valence-corrected chi connectivity index (χ3v) is 1.43. The first-order chi connectivity index (χ1) is 6.49. The lowest BCUT2D eigenvalue weighted by atomic mass is 10.3. The highest BCUT2D eigenvalue weighted by molar-refractivity contribution is 5.88. The minimum absolute atomic E-state index is 0.173. The molecule has 1 heterocycles. The quantitative estimate of drug-likeness (QED) is 0.528. The minimum Gasteiger partial charge on any atom is -0.428 e. The monoisotopic (exact) mass is 194 g/mol. The molecule has 0 fully saturated rings. The van der Waals surface area contributed by atoms with Gasteiger partial charge in [0.25, 0.3) is 0 Å². The topological polar surface area (TPSA) is 56.5 Å². The average Bonchev–Trinajstić information content (AvgIpc) is 2.01. The number of esters is 1. The predicted molar refractivity (Wildman–Crippen MR) is 50.2 cm³/mol. The highest BCUT2D eigenvalue weighted by Crippen LogP contribution is 2.10. The lowest BCUT2D eigenvalue weighted by molar-refractivity contribution is -0.130. The van der Waals surface area contributed by atoms with E-state index in [1.54, 1.807) is 6.92 Å². The van der Waals surface area contributed by atoms with Crippen molar-refractivity contribution >= 4 is 5.97 Å². The van der Waals surface area contributed by atoms with E-state index in [-0.39, 0.29) is 11.3 Å². The lowest BCUT2D eigenvalue weighted by Crippen LogP contribution is -2.10. The second-order valence-corrected chi connectivity index (χ2v) is 2.89. The molecule has 74 valence electrons. The standard InChI is InChI=1S/C10H10O4/c1-6(2)10(12)14-8-4-7(3)13-9(11)5-8/h4-5H,1H2,2-3H3. The molecule has 4 nitrogen and oxygen atoms in total. The average molecular weight is 194 g/mol. The van der Waals surface area contributed by atoms with Crippen molar-refractivity contribution in [2.45, 2.75) is 13.8 Å². The van der Waals surface area contributed by atoms with Gasteiger partial charge in [0.05, 0.1) is 6.07 Å². The summed E-state index contributed by atoms with van der Waals surface area (Å²) in [6.45, 7) is 6.55. The van der Waals surface area contributed by atoms with Crippen molar-refractivity contribution < 1.29 is 13.9 Å². The highest BCUT2D eigenvalue weighted by atomic mass is 16.5. The summed E-state index contributed by atoms with van der Waals surface area (Å²) in [6, 6.07) is 2.57. The Labute approximate surface area is 80.8 Å². The van der Waals surface area contributed by atoms with Crippen molar-refractivity contribution in [3.63, 3.8) is 0 Å². The minimum atomic E-state index is -0.560. The van der Waals surface area contributed by atoms with Crippen LogP contribution in [-0.2, 0) is 4.79 Å². The molecule has 1 aromatic rings. The summed E-state index contributed by atoms with van der Waals surface area (Å²) in [6.07, 6.45) is 0. The molecule has 0 aromatic carbocycles. The molecule has 0 bridgehead atoms. The molecular formula is C10H10O4. The van der Waals surface area contributed by atoms with Gasteiger partial charge in [0.1, 0.15) is 11.5 Å². The molecule has 0 aliphatic carbocycles. The van der Waals surface area contributed by atoms with E-state index in [1.807, 2.05) is 0 Å². The molecule has 0 amide bonds. The normalized spacial score (nSPS) is 9.57. The summed E-state index contributed by atoms with van der Waals surface area (Å²) in [5.41, 5.74) is -0.273. The third kappa shape index (κ3) is 2.58. The Balaban J connectivity index is 2.92. The van der Waals surface area contributed by atoms with E-state index >= 15 is 0 Å². The molecule has 0 N–H and O–H groups in total. The fraction of sp³-hybridized carbons (Fsp3) is 0.200. The maximum absolute atomic E-state index is 11.1. The molecule has 14 heavy (non-hydrogen) atoms. The fourth-order valence-electron chi connectivity index (χ4n) is 0.829. The van der Waals surface area contributed by atoms with E-state index in [2.05, 4.69) is 6.58 Å². The molecule has 0 saturated heterocycles. The Bertz CT molecular complexity index is 428. The van der Waals surface area contributed by atoms with E-state index in [4.69, 9.17) is 9.15 Å². The number of rotatable bonds is 2. The number of carbonyl (C=O) groups excluding carboxylic acids is 1. The molecule has 4 heteroatoms. The van der Waals surface area contributed by atoms with Crippen molar-refractivity contribution in [1.82, 2.24) is 0 Å². The van der Waals surface area contributed by atoms with E-state index in [9.17, 15) is 9.59 Å². The van der Waals surface area contributed by atoms with Crippen LogP contribution >= 0.6 is 0 Å². The number of aryl methyl sites for hydroxylation is 1. The van der Waals surface area contributed by atoms with Crippen molar-refractivity contribution in [2.75, 3.05) is 0 Å². The van der Waals surface area contributed by atoms with Gasteiger partial charge < -0.3 is 9.15 Å². The number of hydrogen-bond acceptors (Lipinski definition) is 4. The number of ether oxygens (including phenoxy) is 1. The molecular weight excluding hydrogens is 184 g/mol. The van der Waals surface area contributed by atoms with Crippen molar-refractivity contribution in [3.05, 3.63) is 40.5 Å². The maximum Gasteiger partial charge on any atom is 0.339 e. The Morgan fingerprint density at radius 2 is 2.14 bits per heavy atom. The molecule has 1 aromatic heterocycles. The van der Waals surface area contributed by atoms with Crippen LogP contribution in [0.2, 0.25) is 0 Å². The van der Waals surface area contributed by atoms with Gasteiger partial charge in [0.2, 0.25) is 0 Å². The molecule has 0 aliphatic heterocycles. The Hall–Kier alpha value is -1.84. The second-order valence-electron chi connectivity index (χ2n) is 2.89. The van der Waals surface area contributed by atoms with E-state index in [0.717, 1.165) is 6.07 Å². The van der Waals surface area contributed by atoms with Crippen LogP contribution in [0.3, 0.4) is 0 Å². The Kier molecular flexibility index (Phi) is 2.86. The second kappa shape index (κ2) is 3.91. The van der Waals surface area contributed by atoms with E-state index in [0.29, 0.717) is 5.76 Å². The largest absolute Gasteiger partial charge is 0.428 e. The SMILES string of the molecule is C=C(C)C(=O)Oc1cc(C)oc(=O)c1. The van der Waals surface area contributed by atoms with Crippen LogP contribution in [0.25, 0.3) is 0 Å². The zero-order valence-corrected chi connectivity index (χ0v) is 7.99. The number of hydrogen-bond donors (Lipinski definition) is 0. The first kappa shape index (κ1) is 10.2. The predicted octanol–water partition coefficient (Wildman–Crippen LogP) is 1.43. The van der Waals surface area contributed by atoms with Gasteiger partial charge >= 0.3 is 11.6 Å².